The number of anilines is 3. The fraction of sp³-hybridized carbons (Fsp3) is 0.0256. The number of nitrogens with zero attached hydrogens (tertiary/aromatic N) is 4. The summed E-state index contributed by atoms with van der Waals surface area (Å²) in [5.41, 5.74) is 16.7. The highest BCUT2D eigenvalue weighted by atomic mass is 15.1. The molecule has 18 rings (SSSR count). The Kier molecular flexibility index (Phi) is 9.60. The van der Waals surface area contributed by atoms with E-state index >= 15 is 0 Å². The Morgan fingerprint density at radius 1 is 0.268 bits per heavy atom. The highest BCUT2D eigenvalue weighted by molar-refractivity contribution is 6.28. The van der Waals surface area contributed by atoms with Crippen molar-refractivity contribution in [2.45, 2.75) is 12.8 Å². The van der Waals surface area contributed by atoms with Gasteiger partial charge in [-0.3, -0.25) is 0 Å². The molecule has 3 heterocycles. The molecule has 0 bridgehead atoms. The lowest BCUT2D eigenvalue weighted by atomic mass is 9.94. The summed E-state index contributed by atoms with van der Waals surface area (Å²) in [6, 6.07) is 99.5. The van der Waals surface area contributed by atoms with Gasteiger partial charge in [0.1, 0.15) is 0 Å². The van der Waals surface area contributed by atoms with E-state index in [4.69, 9.17) is 0 Å². The van der Waals surface area contributed by atoms with Gasteiger partial charge in [-0.2, -0.15) is 0 Å². The summed E-state index contributed by atoms with van der Waals surface area (Å²) >= 11 is 0. The van der Waals surface area contributed by atoms with Crippen molar-refractivity contribution in [3.63, 3.8) is 0 Å². The Balaban J connectivity index is 0.833. The minimum Gasteiger partial charge on any atom is -0.310 e. The first-order valence-corrected chi connectivity index (χ1v) is 28.6. The number of aryl methyl sites for hydroxylation is 1. The summed E-state index contributed by atoms with van der Waals surface area (Å²) in [7, 11) is 0. The van der Waals surface area contributed by atoms with Crippen molar-refractivity contribution in [1.29, 1.82) is 0 Å². The number of aromatic nitrogens is 3. The molecule has 382 valence electrons. The molecule has 1 aliphatic carbocycles. The summed E-state index contributed by atoms with van der Waals surface area (Å²) in [6.07, 6.45) is 6.68. The van der Waals surface area contributed by atoms with Crippen LogP contribution in [0.25, 0.3) is 142 Å². The van der Waals surface area contributed by atoms with Gasteiger partial charge in [-0.05, 0) is 158 Å². The Morgan fingerprint density at radius 2 is 0.598 bits per heavy atom. The zero-order valence-corrected chi connectivity index (χ0v) is 44.8. The lowest BCUT2D eigenvalue weighted by molar-refractivity contribution is 0.984. The molecule has 0 radical (unpaired) electrons. The van der Waals surface area contributed by atoms with Crippen molar-refractivity contribution in [2.75, 3.05) is 4.90 Å². The maximum absolute atomic E-state index is 2.53. The molecule has 0 atom stereocenters. The third-order valence-electron chi connectivity index (χ3n) is 18.0. The molecular weight excluding hydrogens is 993 g/mol. The van der Waals surface area contributed by atoms with Crippen molar-refractivity contribution in [1.82, 2.24) is 13.7 Å². The number of rotatable bonds is 6. The Bertz CT molecular complexity index is 5320. The van der Waals surface area contributed by atoms with E-state index in [1.54, 1.807) is 0 Å². The molecule has 0 N–H and O–H groups in total. The second kappa shape index (κ2) is 17.4. The minimum absolute atomic E-state index is 1.01. The van der Waals surface area contributed by atoms with Gasteiger partial charge in [0.2, 0.25) is 0 Å². The first-order chi connectivity index (χ1) is 40.7. The largest absolute Gasteiger partial charge is 0.310 e. The van der Waals surface area contributed by atoms with Crippen molar-refractivity contribution in [3.05, 3.63) is 284 Å². The first-order valence-electron chi connectivity index (χ1n) is 28.6. The summed E-state index contributed by atoms with van der Waals surface area (Å²) in [5.74, 6) is 0. The van der Waals surface area contributed by atoms with Gasteiger partial charge in [-0.1, -0.05) is 188 Å². The zero-order valence-electron chi connectivity index (χ0n) is 44.8. The molecular formula is C78H50N4. The van der Waals surface area contributed by atoms with E-state index in [0.717, 1.165) is 47.0 Å². The highest BCUT2D eigenvalue weighted by Crippen LogP contribution is 2.46. The average Bonchev–Trinajstić information content (AvgIpc) is 2.88. The van der Waals surface area contributed by atoms with E-state index in [1.165, 1.54) is 130 Å². The van der Waals surface area contributed by atoms with Gasteiger partial charge in [0.25, 0.3) is 0 Å². The van der Waals surface area contributed by atoms with Gasteiger partial charge >= 0.3 is 0 Å². The predicted molar refractivity (Wildman–Crippen MR) is 349 cm³/mol. The standard InChI is InChI=1S/C78H50N4/c1-7-19-61-49(13-1)28-46-70-73(61)67-43-25-52-16-4-10-22-64(52)76(67)80(70)58-37-31-55(32-38-58)79(56-33-39-59(40-34-56)81-71-47-29-50-14-2-8-20-62(50)74(71)68-44-26-53-17-5-11-23-65(53)77(68)81)57-35-41-60(42-36-57)82-72-48-30-51-15-3-9-21-63(51)75(72)69-45-27-54-18-6-12-24-66(54)78(69)82/h1-11,13-23,25-48H,12,24H2. The lowest BCUT2D eigenvalue weighted by Gasteiger charge is -2.26. The second-order valence-corrected chi connectivity index (χ2v) is 22.3. The number of hydrogen-bond acceptors (Lipinski definition) is 1. The van der Waals surface area contributed by atoms with Gasteiger partial charge in [0.05, 0.1) is 33.1 Å². The average molecular weight is 1040 g/mol. The van der Waals surface area contributed by atoms with Crippen molar-refractivity contribution in [2.24, 2.45) is 0 Å². The van der Waals surface area contributed by atoms with Gasteiger partial charge in [-0.15, -0.1) is 0 Å². The molecule has 0 saturated carbocycles. The number of hydrogen-bond donors (Lipinski definition) is 0. The summed E-state index contributed by atoms with van der Waals surface area (Å²) in [5, 5.41) is 20.2. The smallest absolute Gasteiger partial charge is 0.0619 e. The second-order valence-electron chi connectivity index (χ2n) is 22.3. The summed E-state index contributed by atoms with van der Waals surface area (Å²) in [6.45, 7) is 0. The van der Waals surface area contributed by atoms with E-state index in [1.807, 2.05) is 0 Å². The molecule has 0 spiro atoms. The molecule has 3 aromatic heterocycles. The van der Waals surface area contributed by atoms with Crippen molar-refractivity contribution < 1.29 is 0 Å². The lowest BCUT2D eigenvalue weighted by Crippen LogP contribution is -2.10. The summed E-state index contributed by atoms with van der Waals surface area (Å²) in [4.78, 5) is 2.42. The molecule has 0 unspecified atom stereocenters. The van der Waals surface area contributed by atoms with E-state index < -0.39 is 0 Å². The first kappa shape index (κ1) is 45.2. The molecule has 0 amide bonds. The molecule has 0 aliphatic heterocycles. The van der Waals surface area contributed by atoms with E-state index in [0.29, 0.717) is 0 Å². The number of fused-ring (bicyclic) bond motifs is 21. The fourth-order valence-corrected chi connectivity index (χ4v) is 14.4. The van der Waals surface area contributed by atoms with Crippen molar-refractivity contribution in [3.8, 4) is 17.1 Å². The van der Waals surface area contributed by atoms with Crippen LogP contribution in [-0.2, 0) is 6.42 Å². The van der Waals surface area contributed by atoms with E-state index in [2.05, 4.69) is 298 Å². The molecule has 14 aromatic carbocycles. The van der Waals surface area contributed by atoms with E-state index in [9.17, 15) is 0 Å². The Hall–Kier alpha value is -10.7. The Labute approximate surface area is 472 Å². The van der Waals surface area contributed by atoms with Crippen LogP contribution in [0.15, 0.2) is 273 Å². The van der Waals surface area contributed by atoms with Crippen LogP contribution in [0.5, 0.6) is 0 Å². The molecule has 0 saturated heterocycles. The molecule has 4 nitrogen and oxygen atoms in total. The van der Waals surface area contributed by atoms with Crippen LogP contribution in [0.2, 0.25) is 0 Å². The topological polar surface area (TPSA) is 18.0 Å². The van der Waals surface area contributed by atoms with E-state index in [-0.39, 0.29) is 0 Å². The maximum Gasteiger partial charge on any atom is 0.0619 e. The van der Waals surface area contributed by atoms with Gasteiger partial charge in [0.15, 0.2) is 0 Å². The van der Waals surface area contributed by atoms with Gasteiger partial charge < -0.3 is 18.6 Å². The minimum atomic E-state index is 1.01. The normalized spacial score (nSPS) is 12.7. The van der Waals surface area contributed by atoms with Crippen LogP contribution in [0, 0.1) is 0 Å². The van der Waals surface area contributed by atoms with Crippen LogP contribution >= 0.6 is 0 Å². The zero-order chi connectivity index (χ0) is 53.6. The maximum atomic E-state index is 2.53. The molecule has 1 aliphatic rings. The highest BCUT2D eigenvalue weighted by Gasteiger charge is 2.24. The van der Waals surface area contributed by atoms with Crippen LogP contribution in [-0.4, -0.2) is 13.7 Å². The van der Waals surface area contributed by atoms with Crippen LogP contribution < -0.4 is 4.90 Å². The Morgan fingerprint density at radius 3 is 1.01 bits per heavy atom. The molecule has 17 aromatic rings. The summed E-state index contributed by atoms with van der Waals surface area (Å²) < 4.78 is 7.50. The van der Waals surface area contributed by atoms with Crippen LogP contribution in [0.1, 0.15) is 17.5 Å². The quantitative estimate of drug-likeness (QED) is 0.162. The van der Waals surface area contributed by atoms with Gasteiger partial charge in [0, 0.05) is 77.2 Å². The number of allylic oxidation sites excluding steroid dienone is 1. The molecule has 0 fully saturated rings. The molecule has 4 heteroatoms. The predicted octanol–water partition coefficient (Wildman–Crippen LogP) is 21.2. The third kappa shape index (κ3) is 6.49. The van der Waals surface area contributed by atoms with Crippen LogP contribution in [0.4, 0.5) is 17.1 Å². The van der Waals surface area contributed by atoms with Crippen LogP contribution in [0.3, 0.4) is 0 Å². The number of benzene rings is 14. The SMILES string of the molecule is C1=Cc2ccc3c4c5ccccc5ccc4n(-c4ccc(N(c5ccc(-n6c7ccc8ccccc8c7c7ccc8ccccc8c76)cc5)c5ccc(-n6c7ccc8ccccc8c7c7ccc8ccccc8c76)cc5)cc4)c3c2CC1. The third-order valence-corrected chi connectivity index (χ3v) is 18.0. The fourth-order valence-electron chi connectivity index (χ4n) is 14.4. The van der Waals surface area contributed by atoms with Crippen molar-refractivity contribution >= 4 is 142 Å². The monoisotopic (exact) mass is 1040 g/mol. The molecule has 82 heavy (non-hydrogen) atoms. The van der Waals surface area contributed by atoms with Gasteiger partial charge in [-0.25, -0.2) is 0 Å².